The van der Waals surface area contributed by atoms with Crippen molar-refractivity contribution in [2.24, 2.45) is 5.73 Å². The van der Waals surface area contributed by atoms with Crippen molar-refractivity contribution in [3.8, 4) is 0 Å². The smallest absolute Gasteiger partial charge is 0.462 e. The highest BCUT2D eigenvalue weighted by Crippen LogP contribution is 2.43. The van der Waals surface area contributed by atoms with E-state index in [0.29, 0.717) is 6.42 Å². The molecule has 0 aliphatic carbocycles. The van der Waals surface area contributed by atoms with Gasteiger partial charge in [-0.15, -0.1) is 0 Å². The van der Waals surface area contributed by atoms with Gasteiger partial charge in [-0.1, -0.05) is 335 Å². The Labute approximate surface area is 594 Å². The third-order valence-electron chi connectivity index (χ3n) is 15.4. The minimum absolute atomic E-state index is 0.0418. The molecule has 10 heteroatoms. The molecule has 0 radical (unpaired) electrons. The van der Waals surface area contributed by atoms with Crippen molar-refractivity contribution in [2.45, 2.75) is 290 Å². The van der Waals surface area contributed by atoms with Crippen LogP contribution in [-0.2, 0) is 32.7 Å². The van der Waals surface area contributed by atoms with Crippen molar-refractivity contribution in [2.75, 3.05) is 26.4 Å². The Morgan fingerprint density at radius 3 is 0.794 bits per heavy atom. The molecule has 0 aromatic heterocycles. The highest BCUT2D eigenvalue weighted by molar-refractivity contribution is 7.47. The van der Waals surface area contributed by atoms with E-state index >= 15 is 0 Å². The molecule has 0 aliphatic rings. The van der Waals surface area contributed by atoms with E-state index in [2.05, 4.69) is 233 Å². The van der Waals surface area contributed by atoms with Crippen LogP contribution in [0.3, 0.4) is 0 Å². The topological polar surface area (TPSA) is 134 Å². The normalized spacial score (nSPS) is 14.1. The predicted molar refractivity (Wildman–Crippen MR) is 421 cm³/mol. The summed E-state index contributed by atoms with van der Waals surface area (Å²) in [6.07, 6.45) is 123. The van der Waals surface area contributed by atoms with Crippen LogP contribution in [0.5, 0.6) is 0 Å². The lowest BCUT2D eigenvalue weighted by atomic mass is 10.0. The number of rotatable bonds is 69. The lowest BCUT2D eigenvalue weighted by Gasteiger charge is -2.19. The Kier molecular flexibility index (Phi) is 74.7. The summed E-state index contributed by atoms with van der Waals surface area (Å²) in [6.45, 7) is 3.49. The monoisotopic (exact) mass is 1360 g/mol. The van der Waals surface area contributed by atoms with Gasteiger partial charge in [-0.2, -0.15) is 0 Å². The fourth-order valence-electron chi connectivity index (χ4n) is 9.80. The van der Waals surface area contributed by atoms with E-state index in [-0.39, 0.29) is 32.6 Å². The summed E-state index contributed by atoms with van der Waals surface area (Å²) in [6, 6.07) is 0. The number of carbonyl (C=O) groups is 2. The number of carbonyl (C=O) groups excluding carboxylic acids is 2. The first-order valence-electron chi connectivity index (χ1n) is 38.2. The van der Waals surface area contributed by atoms with Crippen LogP contribution in [0.15, 0.2) is 219 Å². The summed E-state index contributed by atoms with van der Waals surface area (Å²) in [5, 5.41) is 0. The standard InChI is InChI=1S/C87H138NO8P/c1-3-5-7-9-11-13-15-17-19-21-23-25-27-29-31-33-35-37-39-40-41-42-43-44-46-48-50-52-54-56-58-60-62-64-66-68-70-72-74-76-78-80-87(90)96-85(84-95-97(91,92)94-82-81-88)83-93-86(89)79-77-75-73-71-69-67-65-63-61-59-57-55-53-51-49-47-45-38-36-34-32-30-28-26-24-22-20-18-16-14-12-10-8-6-4-2/h5-8,11-14,17-20,23-26,29-32,35-38,40-41,43-44,47-50,53-56,85H,3-4,9-10,15-16,21-22,27-28,33-34,39,42,45-46,51-52,57-84,88H2,1-2H3,(H,91,92)/b7-5-,8-6-,13-11-,14-12-,19-17-,20-18-,25-23-,26-24-,31-29-,32-30-,37-35-,38-36-,41-40-,44-43-,49-47-,50-48-,55-53-,56-54-. The molecule has 0 rings (SSSR count). The van der Waals surface area contributed by atoms with Gasteiger partial charge in [-0.3, -0.25) is 18.6 Å². The summed E-state index contributed by atoms with van der Waals surface area (Å²) in [5.41, 5.74) is 5.41. The van der Waals surface area contributed by atoms with E-state index in [4.69, 9.17) is 24.3 Å². The zero-order valence-electron chi connectivity index (χ0n) is 61.2. The molecule has 0 amide bonds. The van der Waals surface area contributed by atoms with Gasteiger partial charge in [0.05, 0.1) is 13.2 Å². The highest BCUT2D eigenvalue weighted by atomic mass is 31.2. The summed E-state index contributed by atoms with van der Waals surface area (Å²) in [5.74, 6) is -0.849. The van der Waals surface area contributed by atoms with E-state index in [0.717, 1.165) is 173 Å². The van der Waals surface area contributed by atoms with Crippen LogP contribution in [0, 0.1) is 0 Å². The molecule has 2 atom stereocenters. The SMILES string of the molecule is CC/C=C\C/C=C\C/C=C\C/C=C\C/C=C\C/C=C\C/C=C\C/C=C\C/C=C\C/C=C\CCCCCCCCCCCCC(=O)OC(COC(=O)CCCCCCCCCCCC/C=C\C/C=C\C/C=C\C/C=C\C/C=C\C/C=C\C/C=C\C/C=C\CC)COP(=O)(O)OCCN. The molecule has 0 saturated carbocycles. The summed E-state index contributed by atoms with van der Waals surface area (Å²) in [4.78, 5) is 35.4. The lowest BCUT2D eigenvalue weighted by molar-refractivity contribution is -0.161. The quantitative estimate of drug-likeness (QED) is 0.0264. The van der Waals surface area contributed by atoms with Gasteiger partial charge in [0.25, 0.3) is 0 Å². The van der Waals surface area contributed by atoms with Crippen molar-refractivity contribution >= 4 is 19.8 Å². The van der Waals surface area contributed by atoms with E-state index in [1.807, 2.05) is 0 Å². The van der Waals surface area contributed by atoms with Crippen LogP contribution in [0.2, 0.25) is 0 Å². The second-order valence-electron chi connectivity index (χ2n) is 24.4. The van der Waals surface area contributed by atoms with Gasteiger partial charge in [0, 0.05) is 19.4 Å². The van der Waals surface area contributed by atoms with Crippen molar-refractivity contribution in [1.29, 1.82) is 0 Å². The first kappa shape index (κ1) is 91.3. The lowest BCUT2D eigenvalue weighted by Crippen LogP contribution is -2.29. The zero-order chi connectivity index (χ0) is 70.0. The third kappa shape index (κ3) is 79.2. The van der Waals surface area contributed by atoms with Crippen LogP contribution in [0.4, 0.5) is 0 Å². The van der Waals surface area contributed by atoms with E-state index < -0.39 is 32.5 Å². The molecule has 0 aromatic rings. The molecule has 0 bridgehead atoms. The number of hydrogen-bond donors (Lipinski definition) is 2. The van der Waals surface area contributed by atoms with E-state index in [9.17, 15) is 19.0 Å². The number of unbranched alkanes of at least 4 members (excludes halogenated alkanes) is 20. The van der Waals surface area contributed by atoms with E-state index in [1.54, 1.807) is 0 Å². The van der Waals surface area contributed by atoms with Crippen molar-refractivity contribution in [3.63, 3.8) is 0 Å². The molecule has 0 aliphatic heterocycles. The van der Waals surface area contributed by atoms with Gasteiger partial charge < -0.3 is 20.1 Å². The second kappa shape index (κ2) is 79.3. The Bertz CT molecular complexity index is 2400. The number of esters is 2. The first-order chi connectivity index (χ1) is 47.8. The molecule has 0 heterocycles. The molecule has 544 valence electrons. The van der Waals surface area contributed by atoms with Crippen LogP contribution < -0.4 is 5.73 Å². The van der Waals surface area contributed by atoms with Crippen LogP contribution in [0.25, 0.3) is 0 Å². The summed E-state index contributed by atoms with van der Waals surface area (Å²) in [7, 11) is -4.41. The second-order valence-corrected chi connectivity index (χ2v) is 25.9. The maximum absolute atomic E-state index is 12.8. The number of nitrogens with two attached hydrogens (primary N) is 1. The van der Waals surface area contributed by atoms with Crippen molar-refractivity contribution < 1.29 is 37.6 Å². The Balaban J connectivity index is 3.97. The molecular weight excluding hydrogens is 1220 g/mol. The fraction of sp³-hybridized carbons (Fsp3) is 0.563. The summed E-state index contributed by atoms with van der Waals surface area (Å²) >= 11 is 0. The Hall–Kier alpha value is -5.67. The fourth-order valence-corrected chi connectivity index (χ4v) is 10.6. The molecule has 97 heavy (non-hydrogen) atoms. The van der Waals surface area contributed by atoms with Gasteiger partial charge in [0.1, 0.15) is 6.61 Å². The maximum Gasteiger partial charge on any atom is 0.472 e. The van der Waals surface area contributed by atoms with Gasteiger partial charge in [-0.25, -0.2) is 4.57 Å². The zero-order valence-corrected chi connectivity index (χ0v) is 62.1. The van der Waals surface area contributed by atoms with Crippen molar-refractivity contribution in [1.82, 2.24) is 0 Å². The minimum atomic E-state index is -4.41. The number of hydrogen-bond acceptors (Lipinski definition) is 8. The molecule has 9 nitrogen and oxygen atoms in total. The molecule has 0 aromatic carbocycles. The molecule has 3 N–H and O–H groups in total. The van der Waals surface area contributed by atoms with Gasteiger partial charge in [-0.05, 0) is 154 Å². The third-order valence-corrected chi connectivity index (χ3v) is 16.3. The Morgan fingerprint density at radius 1 is 0.309 bits per heavy atom. The molecule has 2 unspecified atom stereocenters. The summed E-state index contributed by atoms with van der Waals surface area (Å²) < 4.78 is 33.2. The van der Waals surface area contributed by atoms with Crippen molar-refractivity contribution in [3.05, 3.63) is 219 Å². The van der Waals surface area contributed by atoms with Gasteiger partial charge in [0.2, 0.25) is 0 Å². The number of allylic oxidation sites excluding steroid dienone is 36. The average molecular weight is 1360 g/mol. The molecule has 0 fully saturated rings. The largest absolute Gasteiger partial charge is 0.472 e. The Morgan fingerprint density at radius 2 is 0.536 bits per heavy atom. The van der Waals surface area contributed by atoms with Gasteiger partial charge >= 0.3 is 19.8 Å². The van der Waals surface area contributed by atoms with E-state index in [1.165, 1.54) is 77.0 Å². The van der Waals surface area contributed by atoms with Crippen LogP contribution in [-0.4, -0.2) is 49.3 Å². The molecular formula is C87H138NO8P. The van der Waals surface area contributed by atoms with Crippen LogP contribution >= 0.6 is 7.82 Å². The first-order valence-corrected chi connectivity index (χ1v) is 39.7. The van der Waals surface area contributed by atoms with Crippen LogP contribution in [0.1, 0.15) is 284 Å². The minimum Gasteiger partial charge on any atom is -0.462 e. The van der Waals surface area contributed by atoms with Gasteiger partial charge in [0.15, 0.2) is 6.10 Å². The number of phosphoric ester groups is 1. The molecule has 0 spiro atoms. The maximum atomic E-state index is 12.8. The predicted octanol–water partition coefficient (Wildman–Crippen LogP) is 26.0. The number of ether oxygens (including phenoxy) is 2. The number of phosphoric acid groups is 1. The average Bonchev–Trinajstić information content (AvgIpc) is 2.57. The highest BCUT2D eigenvalue weighted by Gasteiger charge is 2.26. The molecule has 0 saturated heterocycles.